The Morgan fingerprint density at radius 2 is 1.00 bits per heavy atom. The van der Waals surface area contributed by atoms with E-state index in [0.29, 0.717) is 0 Å². The summed E-state index contributed by atoms with van der Waals surface area (Å²) in [6, 6.07) is 0. The summed E-state index contributed by atoms with van der Waals surface area (Å²) in [5.41, 5.74) is 0. The summed E-state index contributed by atoms with van der Waals surface area (Å²) in [5, 5.41) is 0. The van der Waals surface area contributed by atoms with Crippen LogP contribution in [0.5, 0.6) is 0 Å². The molecule has 29 nitrogen and oxygen atoms in total. The van der Waals surface area contributed by atoms with E-state index in [9.17, 15) is 77.8 Å². The molecule has 0 aromatic carbocycles. The van der Waals surface area contributed by atoms with Crippen molar-refractivity contribution in [1.29, 1.82) is 0 Å². The summed E-state index contributed by atoms with van der Waals surface area (Å²) < 4.78 is 258. The first-order valence-corrected chi connectivity index (χ1v) is 20.3. The zero-order valence-electron chi connectivity index (χ0n) is 30.0. The molecule has 3 aliphatic heterocycles. The number of hydrogen-bond acceptors (Lipinski definition) is 29. The molecule has 56 heavy (non-hydrogen) atoms. The molecule has 0 aromatic rings. The molecule has 9 atom stereocenters. The maximum atomic E-state index is 11.7. The van der Waals surface area contributed by atoms with E-state index in [0.717, 1.165) is 0 Å². The molecule has 3 aliphatic rings. The standard InChI is InChI=1S/C15H26O29S6.6Na/c1-14(2)34-3-6-8(39-14)10(42-48(25,26)27)11(43-49(28,29)30)13(37-6)40-15(5-36-46(19,20)21)12(44-50(31,32)33)9(41-47(22,23)24)7(38-15)4-35-45(16,17)18;;;;;;/h6-13H,3-5H2,1-2H3,(H,16,17,18)(H,19,20,21)(H,22,23,24)(H,25,26,27)(H,28,29,30)(H,31,32,33);;;;;;/q;6*+1/p-6/t6-,7-,8-,9-,10+,11-,12+,13-,15+;;;;;;/m1....../s1. The van der Waals surface area contributed by atoms with Crippen molar-refractivity contribution in [3.05, 3.63) is 0 Å². The maximum Gasteiger partial charge on any atom is 1.00 e. The van der Waals surface area contributed by atoms with Crippen molar-refractivity contribution >= 4 is 62.4 Å². The van der Waals surface area contributed by atoms with Crippen LogP contribution >= 0.6 is 0 Å². The Balaban J connectivity index is -0.00000225. The average molecular weight is 995 g/mol. The first-order chi connectivity index (χ1) is 22.2. The van der Waals surface area contributed by atoms with Gasteiger partial charge < -0.3 is 51.0 Å². The van der Waals surface area contributed by atoms with Crippen LogP contribution in [0.1, 0.15) is 13.8 Å². The number of hydrogen-bond donors (Lipinski definition) is 0. The van der Waals surface area contributed by atoms with E-state index in [1.165, 1.54) is 13.8 Å². The molecule has 3 heterocycles. The van der Waals surface area contributed by atoms with Gasteiger partial charge >= 0.3 is 177 Å². The van der Waals surface area contributed by atoms with Gasteiger partial charge in [0.15, 0.2) is 24.3 Å². The number of rotatable bonds is 16. The molecule has 0 amide bonds. The third-order valence-electron chi connectivity index (χ3n) is 6.06. The van der Waals surface area contributed by atoms with E-state index in [2.05, 4.69) is 25.1 Å². The van der Waals surface area contributed by atoms with Crippen LogP contribution < -0.4 is 177 Å². The fourth-order valence-corrected chi connectivity index (χ4v) is 7.17. The molecule has 3 fully saturated rings. The molecule has 0 saturated carbocycles. The molecular weight excluding hydrogens is 974 g/mol. The van der Waals surface area contributed by atoms with E-state index in [1.807, 2.05) is 0 Å². The van der Waals surface area contributed by atoms with Crippen molar-refractivity contribution in [1.82, 2.24) is 0 Å². The normalized spacial score (nSPS) is 30.6. The van der Waals surface area contributed by atoms with E-state index >= 15 is 0 Å². The SMILES string of the molecule is CC1(C)OC[C@H]2O[C@H](O[C@]3(COS(=O)(=O)[O-])O[C@H](COS(=O)(=O)[O-])[C@@H](OS(=O)(=O)[O-])[C@@H]3OS(=O)(=O)[O-])[C@H](OS(=O)(=O)[O-])[C@@H](OS(=O)(=O)[O-])[C@@H]2O1.[Na+].[Na+].[Na+].[Na+].[Na+].[Na+]. The Bertz CT molecular complexity index is 1930. The molecule has 41 heteroatoms. The van der Waals surface area contributed by atoms with Crippen LogP contribution in [0.4, 0.5) is 0 Å². The third-order valence-corrected chi connectivity index (χ3v) is 8.71. The van der Waals surface area contributed by atoms with Crippen LogP contribution in [0.15, 0.2) is 0 Å². The minimum absolute atomic E-state index is 0. The smallest absolute Gasteiger partial charge is 0.726 e. The predicted octanol–water partition coefficient (Wildman–Crippen LogP) is -24.7. The zero-order chi connectivity index (χ0) is 38.5. The van der Waals surface area contributed by atoms with Crippen molar-refractivity contribution in [3.8, 4) is 0 Å². The second-order valence-corrected chi connectivity index (χ2v) is 16.3. The minimum Gasteiger partial charge on any atom is -0.726 e. The van der Waals surface area contributed by atoms with Crippen molar-refractivity contribution in [2.24, 2.45) is 0 Å². The van der Waals surface area contributed by atoms with Crippen LogP contribution in [0, 0.1) is 0 Å². The van der Waals surface area contributed by atoms with Crippen LogP contribution in [-0.4, -0.2) is 158 Å². The van der Waals surface area contributed by atoms with Crippen molar-refractivity contribution in [2.75, 3.05) is 19.8 Å². The van der Waals surface area contributed by atoms with Crippen LogP contribution in [0.2, 0.25) is 0 Å². The van der Waals surface area contributed by atoms with Gasteiger partial charge in [0, 0.05) is 0 Å². The van der Waals surface area contributed by atoms with Crippen LogP contribution in [-0.2, 0) is 111 Å². The fraction of sp³-hybridized carbons (Fsp3) is 1.00. The molecule has 0 aliphatic carbocycles. The monoisotopic (exact) mass is 994 g/mol. The summed E-state index contributed by atoms with van der Waals surface area (Å²) >= 11 is 0. The molecule has 0 unspecified atom stereocenters. The fourth-order valence-electron chi connectivity index (χ4n) is 4.59. The van der Waals surface area contributed by atoms with Crippen molar-refractivity contribution in [3.63, 3.8) is 0 Å². The van der Waals surface area contributed by atoms with E-state index in [-0.39, 0.29) is 177 Å². The third kappa shape index (κ3) is 23.0. The second kappa shape index (κ2) is 25.2. The summed E-state index contributed by atoms with van der Waals surface area (Å²) in [6.45, 7) is -2.50. The van der Waals surface area contributed by atoms with Gasteiger partial charge in [-0.3, -0.25) is 25.1 Å². The molecule has 0 bridgehead atoms. The predicted molar refractivity (Wildman–Crippen MR) is 132 cm³/mol. The summed E-state index contributed by atoms with van der Waals surface area (Å²) in [6.07, 6.45) is -21.8. The molecule has 0 N–H and O–H groups in total. The van der Waals surface area contributed by atoms with E-state index < -0.39 is 143 Å². The Morgan fingerprint density at radius 3 is 1.43 bits per heavy atom. The van der Waals surface area contributed by atoms with Gasteiger partial charge in [-0.2, -0.15) is 0 Å². The van der Waals surface area contributed by atoms with Gasteiger partial charge in [-0.25, -0.2) is 50.5 Å². The Labute approximate surface area is 453 Å². The van der Waals surface area contributed by atoms with Crippen molar-refractivity contribution < 1.29 is 304 Å². The Hall–Kier alpha value is 5.02. The average Bonchev–Trinajstić information content (AvgIpc) is 3.11. The van der Waals surface area contributed by atoms with Gasteiger partial charge in [-0.15, -0.1) is 0 Å². The molecule has 0 radical (unpaired) electrons. The zero-order valence-corrected chi connectivity index (χ0v) is 46.9. The Kier molecular flexibility index (Phi) is 30.5. The quantitative estimate of drug-likeness (QED) is 0.0787. The molecule has 0 aromatic heterocycles. The van der Waals surface area contributed by atoms with E-state index in [1.54, 1.807) is 0 Å². The first-order valence-electron chi connectivity index (χ1n) is 12.3. The van der Waals surface area contributed by atoms with E-state index in [4.69, 9.17) is 23.7 Å². The van der Waals surface area contributed by atoms with Crippen LogP contribution in [0.25, 0.3) is 0 Å². The van der Waals surface area contributed by atoms with Gasteiger partial charge in [0.25, 0.3) is 0 Å². The van der Waals surface area contributed by atoms with Crippen molar-refractivity contribution in [2.45, 2.75) is 74.4 Å². The molecular formula is C15H20Na6O29S6. The first kappa shape index (κ1) is 67.6. The second-order valence-electron chi connectivity index (χ2n) is 10.1. The summed E-state index contributed by atoms with van der Waals surface area (Å²) in [5.74, 6) is -5.64. The molecule has 3 rings (SSSR count). The molecule has 3 saturated heterocycles. The molecule has 0 spiro atoms. The number of fused-ring (bicyclic) bond motifs is 1. The topological polar surface area (TPSA) is 445 Å². The van der Waals surface area contributed by atoms with Gasteiger partial charge in [0.2, 0.25) is 68.2 Å². The minimum atomic E-state index is -6.33. The molecule has 296 valence electrons. The number of ether oxygens (including phenoxy) is 5. The maximum absolute atomic E-state index is 11.7. The van der Waals surface area contributed by atoms with Gasteiger partial charge in [0.1, 0.15) is 37.1 Å². The summed E-state index contributed by atoms with van der Waals surface area (Å²) in [4.78, 5) is 0. The largest absolute Gasteiger partial charge is 1.00 e. The summed E-state index contributed by atoms with van der Waals surface area (Å²) in [7, 11) is -36.6. The van der Waals surface area contributed by atoms with Gasteiger partial charge in [0.05, 0.1) is 13.2 Å². The van der Waals surface area contributed by atoms with Crippen LogP contribution in [0.3, 0.4) is 0 Å². The van der Waals surface area contributed by atoms with Gasteiger partial charge in [-0.1, -0.05) is 0 Å². The van der Waals surface area contributed by atoms with Gasteiger partial charge in [-0.05, 0) is 13.8 Å². The Morgan fingerprint density at radius 1 is 0.571 bits per heavy atom.